The fraction of sp³-hybridized carbons (Fsp3) is 0.267. The summed E-state index contributed by atoms with van der Waals surface area (Å²) < 4.78 is 4.17. The molecule has 0 spiro atoms. The van der Waals surface area contributed by atoms with Gasteiger partial charge in [-0.15, -0.1) is 0 Å². The molecule has 0 atom stereocenters. The highest BCUT2D eigenvalue weighted by atomic mass is 35.5. The number of nitrogens with zero attached hydrogens (tertiary/aromatic N) is 4. The van der Waals surface area contributed by atoms with Gasteiger partial charge >= 0.3 is 5.69 Å². The van der Waals surface area contributed by atoms with E-state index < -0.39 is 5.69 Å². The SMILES string of the molecule is CNc1nc2c(c(=O)n(C)c(=O)n2C)n1Cc1ccccc1Cl. The Balaban J connectivity index is 2.34. The third-order valence-electron chi connectivity index (χ3n) is 3.86. The van der Waals surface area contributed by atoms with Crippen LogP contribution in [-0.4, -0.2) is 25.7 Å². The molecule has 3 aromatic rings. The van der Waals surface area contributed by atoms with E-state index in [0.29, 0.717) is 28.7 Å². The Hall–Kier alpha value is -2.54. The van der Waals surface area contributed by atoms with Crippen LogP contribution in [-0.2, 0) is 20.6 Å². The topological polar surface area (TPSA) is 73.8 Å². The van der Waals surface area contributed by atoms with Crippen molar-refractivity contribution in [2.75, 3.05) is 12.4 Å². The van der Waals surface area contributed by atoms with Gasteiger partial charge in [-0.05, 0) is 11.6 Å². The summed E-state index contributed by atoms with van der Waals surface area (Å²) in [4.78, 5) is 29.0. The van der Waals surface area contributed by atoms with Gasteiger partial charge < -0.3 is 5.32 Å². The van der Waals surface area contributed by atoms with Crippen molar-refractivity contribution in [2.45, 2.75) is 6.54 Å². The van der Waals surface area contributed by atoms with Crippen LogP contribution < -0.4 is 16.6 Å². The molecule has 3 rings (SSSR count). The van der Waals surface area contributed by atoms with Crippen LogP contribution in [0.2, 0.25) is 5.02 Å². The van der Waals surface area contributed by atoms with Gasteiger partial charge in [0.05, 0.1) is 6.54 Å². The Labute approximate surface area is 136 Å². The van der Waals surface area contributed by atoms with Gasteiger partial charge in [0, 0.05) is 26.2 Å². The van der Waals surface area contributed by atoms with E-state index in [1.54, 1.807) is 24.7 Å². The summed E-state index contributed by atoms with van der Waals surface area (Å²) in [5.74, 6) is 0.498. The summed E-state index contributed by atoms with van der Waals surface area (Å²) >= 11 is 6.22. The summed E-state index contributed by atoms with van der Waals surface area (Å²) in [6.07, 6.45) is 0. The molecule has 0 aliphatic rings. The van der Waals surface area contributed by atoms with Gasteiger partial charge in [0.1, 0.15) is 0 Å². The first kappa shape index (κ1) is 15.4. The third-order valence-corrected chi connectivity index (χ3v) is 4.23. The molecule has 0 aliphatic carbocycles. The number of aromatic nitrogens is 4. The highest BCUT2D eigenvalue weighted by molar-refractivity contribution is 6.31. The van der Waals surface area contributed by atoms with E-state index in [4.69, 9.17) is 11.6 Å². The maximum absolute atomic E-state index is 12.6. The van der Waals surface area contributed by atoms with E-state index >= 15 is 0 Å². The number of rotatable bonds is 3. The highest BCUT2D eigenvalue weighted by Crippen LogP contribution is 2.21. The molecule has 0 saturated heterocycles. The lowest BCUT2D eigenvalue weighted by molar-refractivity contribution is 0.702. The minimum absolute atomic E-state index is 0.342. The zero-order valence-electron chi connectivity index (χ0n) is 13.0. The summed E-state index contributed by atoms with van der Waals surface area (Å²) in [7, 11) is 4.76. The molecule has 23 heavy (non-hydrogen) atoms. The van der Waals surface area contributed by atoms with E-state index in [1.807, 2.05) is 18.2 Å². The molecule has 2 aromatic heterocycles. The highest BCUT2D eigenvalue weighted by Gasteiger charge is 2.19. The first-order valence-electron chi connectivity index (χ1n) is 7.03. The monoisotopic (exact) mass is 333 g/mol. The summed E-state index contributed by atoms with van der Waals surface area (Å²) in [5, 5.41) is 3.57. The van der Waals surface area contributed by atoms with Crippen molar-refractivity contribution in [1.82, 2.24) is 18.7 Å². The Bertz CT molecular complexity index is 1020. The van der Waals surface area contributed by atoms with E-state index in [0.717, 1.165) is 10.1 Å². The average molecular weight is 334 g/mol. The molecule has 7 nitrogen and oxygen atoms in total. The molecule has 120 valence electrons. The van der Waals surface area contributed by atoms with Crippen LogP contribution in [0.4, 0.5) is 5.95 Å². The predicted octanol–water partition coefficient (Wildman–Crippen LogP) is 1.18. The smallest absolute Gasteiger partial charge is 0.332 e. The summed E-state index contributed by atoms with van der Waals surface area (Å²) in [5.41, 5.74) is 0.769. The quantitative estimate of drug-likeness (QED) is 0.781. The van der Waals surface area contributed by atoms with Crippen molar-refractivity contribution in [3.8, 4) is 0 Å². The van der Waals surface area contributed by atoms with Crippen molar-refractivity contribution in [2.24, 2.45) is 14.1 Å². The van der Waals surface area contributed by atoms with Crippen LogP contribution in [0.3, 0.4) is 0 Å². The zero-order chi connectivity index (χ0) is 16.7. The van der Waals surface area contributed by atoms with Crippen LogP contribution in [0.1, 0.15) is 5.56 Å². The molecular weight excluding hydrogens is 318 g/mol. The summed E-state index contributed by atoms with van der Waals surface area (Å²) in [6, 6.07) is 7.41. The van der Waals surface area contributed by atoms with Crippen LogP contribution >= 0.6 is 11.6 Å². The second-order valence-electron chi connectivity index (χ2n) is 5.24. The van der Waals surface area contributed by atoms with Crippen LogP contribution in [0.5, 0.6) is 0 Å². The Morgan fingerprint density at radius 3 is 2.52 bits per heavy atom. The lowest BCUT2D eigenvalue weighted by atomic mass is 10.2. The van der Waals surface area contributed by atoms with Gasteiger partial charge in [-0.25, -0.2) is 4.79 Å². The molecule has 1 aromatic carbocycles. The van der Waals surface area contributed by atoms with E-state index in [1.165, 1.54) is 11.6 Å². The van der Waals surface area contributed by atoms with Gasteiger partial charge in [-0.2, -0.15) is 4.98 Å². The summed E-state index contributed by atoms with van der Waals surface area (Å²) in [6.45, 7) is 0.375. The number of aryl methyl sites for hydroxylation is 1. The number of halogens is 1. The second-order valence-corrected chi connectivity index (χ2v) is 5.65. The van der Waals surface area contributed by atoms with E-state index in [-0.39, 0.29) is 5.56 Å². The molecule has 0 fully saturated rings. The van der Waals surface area contributed by atoms with Crippen LogP contribution in [0, 0.1) is 0 Å². The predicted molar refractivity (Wildman–Crippen MR) is 90.3 cm³/mol. The van der Waals surface area contributed by atoms with Gasteiger partial charge in [0.15, 0.2) is 11.2 Å². The third kappa shape index (κ3) is 2.33. The number of hydrogen-bond donors (Lipinski definition) is 1. The average Bonchev–Trinajstić information content (AvgIpc) is 2.91. The van der Waals surface area contributed by atoms with Crippen LogP contribution in [0.25, 0.3) is 11.2 Å². The minimum atomic E-state index is -0.410. The van der Waals surface area contributed by atoms with Gasteiger partial charge in [0.25, 0.3) is 5.56 Å². The first-order chi connectivity index (χ1) is 11.0. The number of nitrogens with one attached hydrogen (secondary N) is 1. The minimum Gasteiger partial charge on any atom is -0.359 e. The molecule has 0 aliphatic heterocycles. The largest absolute Gasteiger partial charge is 0.359 e. The fourth-order valence-electron chi connectivity index (χ4n) is 2.59. The molecule has 1 N–H and O–H groups in total. The Morgan fingerprint density at radius 2 is 1.87 bits per heavy atom. The molecular formula is C15H16ClN5O2. The molecule has 0 amide bonds. The lowest BCUT2D eigenvalue weighted by Crippen LogP contribution is -2.37. The molecule has 2 heterocycles. The first-order valence-corrected chi connectivity index (χ1v) is 7.41. The molecule has 0 bridgehead atoms. The number of imidazole rings is 1. The molecule has 0 saturated carbocycles. The number of benzene rings is 1. The van der Waals surface area contributed by atoms with Gasteiger partial charge in [-0.3, -0.25) is 18.5 Å². The maximum Gasteiger partial charge on any atom is 0.332 e. The van der Waals surface area contributed by atoms with Crippen molar-refractivity contribution in [3.05, 3.63) is 55.7 Å². The number of hydrogen-bond acceptors (Lipinski definition) is 4. The van der Waals surface area contributed by atoms with Crippen molar-refractivity contribution < 1.29 is 0 Å². The van der Waals surface area contributed by atoms with Crippen molar-refractivity contribution >= 4 is 28.7 Å². The van der Waals surface area contributed by atoms with E-state index in [2.05, 4.69) is 10.3 Å². The fourth-order valence-corrected chi connectivity index (χ4v) is 2.78. The Morgan fingerprint density at radius 1 is 1.17 bits per heavy atom. The second kappa shape index (κ2) is 5.58. The van der Waals surface area contributed by atoms with Crippen molar-refractivity contribution in [1.29, 1.82) is 0 Å². The normalized spacial score (nSPS) is 11.1. The van der Waals surface area contributed by atoms with Crippen LogP contribution in [0.15, 0.2) is 33.9 Å². The van der Waals surface area contributed by atoms with Gasteiger partial charge in [0.2, 0.25) is 5.95 Å². The Kier molecular flexibility index (Phi) is 3.73. The zero-order valence-corrected chi connectivity index (χ0v) is 13.8. The number of anilines is 1. The van der Waals surface area contributed by atoms with E-state index in [9.17, 15) is 9.59 Å². The standard InChI is InChI=1S/C15H16ClN5O2/c1-17-14-18-12-11(13(22)20(3)15(23)19(12)2)21(14)8-9-6-4-5-7-10(9)16/h4-7H,8H2,1-3H3,(H,17,18). The number of fused-ring (bicyclic) bond motifs is 1. The maximum atomic E-state index is 12.6. The lowest BCUT2D eigenvalue weighted by Gasteiger charge is -2.10. The molecule has 0 unspecified atom stereocenters. The molecule has 8 heteroatoms. The van der Waals surface area contributed by atoms with Crippen molar-refractivity contribution in [3.63, 3.8) is 0 Å². The van der Waals surface area contributed by atoms with Gasteiger partial charge in [-0.1, -0.05) is 29.8 Å². The molecule has 0 radical (unpaired) electrons.